The Balaban J connectivity index is 0.00000242. The van der Waals surface area contributed by atoms with Crippen molar-refractivity contribution in [1.82, 2.24) is 0 Å². The van der Waals surface area contributed by atoms with E-state index in [1.54, 1.807) is 25.3 Å². The van der Waals surface area contributed by atoms with Crippen LogP contribution in [0.4, 0.5) is 0 Å². The van der Waals surface area contributed by atoms with Crippen LogP contribution < -0.4 is 4.74 Å². The summed E-state index contributed by atoms with van der Waals surface area (Å²) in [6.07, 6.45) is 2.14. The van der Waals surface area contributed by atoms with Gasteiger partial charge in [-0.2, -0.15) is 0 Å². The Hall–Kier alpha value is -2.37. The lowest BCUT2D eigenvalue weighted by Gasteiger charge is -2.19. The Morgan fingerprint density at radius 3 is 2.50 bits per heavy atom. The zero-order chi connectivity index (χ0) is 15.4. The summed E-state index contributed by atoms with van der Waals surface area (Å²) in [6.45, 7) is 1.51. The van der Waals surface area contributed by atoms with Gasteiger partial charge in [0.05, 0.1) is 24.6 Å². The number of esters is 1. The number of carbonyl (C=O) groups excluding carboxylic acids is 1. The van der Waals surface area contributed by atoms with Crippen molar-refractivity contribution in [3.63, 3.8) is 0 Å². The number of nitro groups is 1. The molecule has 0 heterocycles. The minimum atomic E-state index is -0.377. The van der Waals surface area contributed by atoms with Crippen LogP contribution in [0.3, 0.4) is 0 Å². The molecule has 1 aromatic rings. The predicted molar refractivity (Wildman–Crippen MR) is 82.3 cm³/mol. The highest BCUT2D eigenvalue weighted by atomic mass is 16.6. The van der Waals surface area contributed by atoms with Gasteiger partial charge in [-0.1, -0.05) is 19.6 Å². The molecule has 6 heteroatoms. The first-order valence-corrected chi connectivity index (χ1v) is 6.64. The van der Waals surface area contributed by atoms with E-state index in [0.29, 0.717) is 12.2 Å². The topological polar surface area (TPSA) is 78.7 Å². The molecule has 22 heavy (non-hydrogen) atoms. The molecule has 0 saturated carbocycles. The zero-order valence-corrected chi connectivity index (χ0v) is 11.9. The molecule has 0 unspecified atom stereocenters. The monoisotopic (exact) mass is 307 g/mol. The highest BCUT2D eigenvalue weighted by molar-refractivity contribution is 5.65. The maximum Gasteiger partial charge on any atom is 0.302 e. The van der Waals surface area contributed by atoms with Crippen LogP contribution in [0.5, 0.6) is 5.75 Å². The Bertz CT molecular complexity index is 564. The molecule has 120 valence electrons. The zero-order valence-electron chi connectivity index (χ0n) is 11.9. The molecule has 0 spiro atoms. The van der Waals surface area contributed by atoms with Crippen molar-refractivity contribution in [3.8, 4) is 5.75 Å². The van der Waals surface area contributed by atoms with Crippen molar-refractivity contribution >= 4 is 5.97 Å². The van der Waals surface area contributed by atoms with Crippen molar-refractivity contribution in [2.45, 2.75) is 26.7 Å². The number of allylic oxidation sites excluding steroid dienone is 2. The average molecular weight is 307 g/mol. The largest absolute Gasteiger partial charge is 0.497 e. The summed E-state index contributed by atoms with van der Waals surface area (Å²) in [5.74, 6) is -0.161. The van der Waals surface area contributed by atoms with Crippen molar-refractivity contribution in [3.05, 3.63) is 51.7 Å². The molecule has 1 aromatic carbocycles. The Morgan fingerprint density at radius 1 is 1.36 bits per heavy atom. The van der Waals surface area contributed by atoms with Crippen LogP contribution in [0, 0.1) is 16.0 Å². The quantitative estimate of drug-likeness (QED) is 0.474. The minimum Gasteiger partial charge on any atom is -0.497 e. The van der Waals surface area contributed by atoms with E-state index < -0.39 is 0 Å². The molecule has 0 aliphatic heterocycles. The first-order valence-electron chi connectivity index (χ1n) is 6.64. The third-order valence-electron chi connectivity index (χ3n) is 3.61. The molecule has 0 N–H and O–H groups in total. The van der Waals surface area contributed by atoms with Crippen LogP contribution in [-0.4, -0.2) is 24.6 Å². The second-order valence-corrected chi connectivity index (χ2v) is 4.94. The Morgan fingerprint density at radius 2 is 2.00 bits per heavy atom. The number of hydrogen-bond donors (Lipinski definition) is 0. The molecule has 0 saturated heterocycles. The number of methoxy groups -OCH3 is 1. The fraction of sp³-hybridized carbons (Fsp3) is 0.438. The van der Waals surface area contributed by atoms with Gasteiger partial charge >= 0.3 is 5.97 Å². The summed E-state index contributed by atoms with van der Waals surface area (Å²) >= 11 is 0. The van der Waals surface area contributed by atoms with E-state index in [-0.39, 0.29) is 42.5 Å². The van der Waals surface area contributed by atoms with E-state index in [0.717, 1.165) is 5.56 Å². The number of hydrogen-bond acceptors (Lipinski definition) is 5. The van der Waals surface area contributed by atoms with E-state index in [2.05, 4.69) is 0 Å². The molecular formula is C16H21NO5. The number of ether oxygens (including phenoxy) is 2. The number of benzene rings is 1. The first kappa shape index (κ1) is 17.7. The van der Waals surface area contributed by atoms with E-state index in [1.165, 1.54) is 6.92 Å². The average Bonchev–Trinajstić information content (AvgIpc) is 2.89. The van der Waals surface area contributed by atoms with Crippen LogP contribution in [-0.2, 0) is 9.53 Å². The van der Waals surface area contributed by atoms with Gasteiger partial charge < -0.3 is 9.47 Å². The molecule has 2 atom stereocenters. The van der Waals surface area contributed by atoms with Crippen molar-refractivity contribution in [2.75, 3.05) is 13.7 Å². The Kier molecular flexibility index (Phi) is 6.10. The smallest absolute Gasteiger partial charge is 0.302 e. The highest BCUT2D eigenvalue weighted by Crippen LogP contribution is 2.40. The lowest BCUT2D eigenvalue weighted by molar-refractivity contribution is -0.430. The van der Waals surface area contributed by atoms with Crippen LogP contribution in [0.2, 0.25) is 0 Å². The van der Waals surface area contributed by atoms with Crippen LogP contribution >= 0.6 is 0 Å². The van der Waals surface area contributed by atoms with E-state index >= 15 is 0 Å². The van der Waals surface area contributed by atoms with Gasteiger partial charge in [-0.15, -0.1) is 0 Å². The number of carbonyl (C=O) groups is 1. The van der Waals surface area contributed by atoms with Gasteiger partial charge in [0.25, 0.3) is 0 Å². The van der Waals surface area contributed by atoms with Gasteiger partial charge in [0.2, 0.25) is 5.70 Å². The third-order valence-corrected chi connectivity index (χ3v) is 3.61. The molecule has 6 nitrogen and oxygen atoms in total. The molecule has 0 bridgehead atoms. The molecule has 1 aliphatic rings. The van der Waals surface area contributed by atoms with Gasteiger partial charge in [-0.25, -0.2) is 0 Å². The number of nitrogens with zero attached hydrogens (tertiary/aromatic N) is 1. The molecule has 1 aliphatic carbocycles. The van der Waals surface area contributed by atoms with Gasteiger partial charge in [0.15, 0.2) is 0 Å². The van der Waals surface area contributed by atoms with Crippen LogP contribution in [0.15, 0.2) is 36.0 Å². The molecule has 0 aromatic heterocycles. The minimum absolute atomic E-state index is 0. The lowest BCUT2D eigenvalue weighted by atomic mass is 9.87. The maximum absolute atomic E-state index is 11.2. The van der Waals surface area contributed by atoms with E-state index in [1.807, 2.05) is 12.1 Å². The fourth-order valence-corrected chi connectivity index (χ4v) is 2.61. The first-order chi connectivity index (χ1) is 10.0. The van der Waals surface area contributed by atoms with Gasteiger partial charge in [0.1, 0.15) is 5.75 Å². The maximum atomic E-state index is 11.2. The molecule has 0 amide bonds. The fourth-order valence-electron chi connectivity index (χ4n) is 2.61. The molecule has 0 radical (unpaired) electrons. The summed E-state index contributed by atoms with van der Waals surface area (Å²) in [6, 6.07) is 7.17. The van der Waals surface area contributed by atoms with E-state index in [9.17, 15) is 14.9 Å². The van der Waals surface area contributed by atoms with E-state index in [4.69, 9.17) is 9.47 Å². The summed E-state index contributed by atoms with van der Waals surface area (Å²) in [5, 5.41) is 11.2. The lowest BCUT2D eigenvalue weighted by Crippen LogP contribution is -2.19. The van der Waals surface area contributed by atoms with Gasteiger partial charge in [0, 0.05) is 12.8 Å². The standard InChI is InChI=1S/C15H17NO5.CH4/c1-10(17)21-9-12-5-8-14(16(18)19)15(12)11-3-6-13(20-2)7-4-11;/h3-4,6-8,12,15H,5,9H2,1-2H3;1H4/t12-,15+;/m0./s1. The SMILES string of the molecule is C.COc1ccc([C@H]2C([N+](=O)[O-])=CC[C@H]2COC(C)=O)cc1. The Labute approximate surface area is 129 Å². The number of rotatable bonds is 5. The highest BCUT2D eigenvalue weighted by Gasteiger charge is 2.39. The van der Waals surface area contributed by atoms with Crippen LogP contribution in [0.1, 0.15) is 32.3 Å². The predicted octanol–water partition coefficient (Wildman–Crippen LogP) is 3.16. The molecular weight excluding hydrogens is 286 g/mol. The van der Waals surface area contributed by atoms with Gasteiger partial charge in [-0.05, 0) is 30.2 Å². The second kappa shape index (κ2) is 7.59. The van der Waals surface area contributed by atoms with Crippen LogP contribution in [0.25, 0.3) is 0 Å². The third kappa shape index (κ3) is 3.84. The van der Waals surface area contributed by atoms with Crippen molar-refractivity contribution in [2.24, 2.45) is 5.92 Å². The summed E-state index contributed by atoms with van der Waals surface area (Å²) in [4.78, 5) is 21.8. The van der Waals surface area contributed by atoms with Gasteiger partial charge in [-0.3, -0.25) is 14.9 Å². The molecule has 0 fully saturated rings. The molecule has 2 rings (SSSR count). The summed E-state index contributed by atoms with van der Waals surface area (Å²) < 4.78 is 10.1. The summed E-state index contributed by atoms with van der Waals surface area (Å²) in [5.41, 5.74) is 0.991. The van der Waals surface area contributed by atoms with Crippen molar-refractivity contribution < 1.29 is 19.2 Å². The second-order valence-electron chi connectivity index (χ2n) is 4.94. The normalized spacial score (nSPS) is 19.8. The van der Waals surface area contributed by atoms with Crippen molar-refractivity contribution in [1.29, 1.82) is 0 Å². The summed E-state index contributed by atoms with van der Waals surface area (Å²) in [7, 11) is 1.57.